The van der Waals surface area contributed by atoms with E-state index in [1.165, 1.54) is 5.56 Å². The average Bonchev–Trinajstić information content (AvgIpc) is 3.00. The van der Waals surface area contributed by atoms with Crippen LogP contribution >= 0.6 is 0 Å². The molecular weight excluding hydrogens is 358 g/mol. The maximum atomic E-state index is 11.0. The van der Waals surface area contributed by atoms with Crippen LogP contribution in [0.4, 0.5) is 5.82 Å². The summed E-state index contributed by atoms with van der Waals surface area (Å²) in [7, 11) is 0. The molecule has 0 amide bonds. The normalized spacial score (nSPS) is 23.4. The van der Waals surface area contributed by atoms with Gasteiger partial charge in [0.2, 0.25) is 0 Å². The van der Waals surface area contributed by atoms with Gasteiger partial charge in [0.05, 0.1) is 31.3 Å². The van der Waals surface area contributed by atoms with Gasteiger partial charge in [0.15, 0.2) is 0 Å². The first-order chi connectivity index (χ1) is 13.5. The Kier molecular flexibility index (Phi) is 5.48. The van der Waals surface area contributed by atoms with Crippen molar-refractivity contribution in [3.8, 4) is 0 Å². The summed E-state index contributed by atoms with van der Waals surface area (Å²) in [6.07, 6.45) is -0.595. The zero-order chi connectivity index (χ0) is 19.7. The van der Waals surface area contributed by atoms with Gasteiger partial charge in [-0.1, -0.05) is 12.1 Å². The van der Waals surface area contributed by atoms with Crippen LogP contribution in [0.3, 0.4) is 0 Å². The summed E-state index contributed by atoms with van der Waals surface area (Å²) in [5.41, 5.74) is 3.27. The number of aliphatic hydroxyl groups is 1. The number of rotatable bonds is 5. The van der Waals surface area contributed by atoms with E-state index in [9.17, 15) is 9.90 Å². The van der Waals surface area contributed by atoms with Crippen molar-refractivity contribution in [3.05, 3.63) is 35.4 Å². The molecule has 7 heteroatoms. The first-order valence-electron chi connectivity index (χ1n) is 9.85. The summed E-state index contributed by atoms with van der Waals surface area (Å²) < 4.78 is 5.50. The maximum absolute atomic E-state index is 11.0. The van der Waals surface area contributed by atoms with E-state index in [1.54, 1.807) is 0 Å². The predicted molar refractivity (Wildman–Crippen MR) is 107 cm³/mol. The molecule has 3 heterocycles. The highest BCUT2D eigenvalue weighted by atomic mass is 16.5. The van der Waals surface area contributed by atoms with Gasteiger partial charge in [0.25, 0.3) is 0 Å². The Morgan fingerprint density at radius 3 is 2.79 bits per heavy atom. The van der Waals surface area contributed by atoms with E-state index in [1.807, 2.05) is 0 Å². The van der Waals surface area contributed by atoms with Gasteiger partial charge in [-0.25, -0.2) is 4.98 Å². The number of pyridine rings is 1. The number of aliphatic carboxylic acids is 1. The summed E-state index contributed by atoms with van der Waals surface area (Å²) in [5, 5.41) is 20.4. The summed E-state index contributed by atoms with van der Waals surface area (Å²) in [4.78, 5) is 20.4. The van der Waals surface area contributed by atoms with Crippen molar-refractivity contribution in [1.82, 2.24) is 9.88 Å². The number of fused-ring (bicyclic) bond motifs is 1. The molecule has 2 fully saturated rings. The Morgan fingerprint density at radius 1 is 1.25 bits per heavy atom. The number of aliphatic hydroxyl groups excluding tert-OH is 1. The highest BCUT2D eigenvalue weighted by Crippen LogP contribution is 2.29. The number of benzene rings is 1. The molecule has 4 rings (SSSR count). The summed E-state index contributed by atoms with van der Waals surface area (Å²) in [6, 6.07) is 8.47. The first-order valence-corrected chi connectivity index (χ1v) is 9.85. The second-order valence-electron chi connectivity index (χ2n) is 7.89. The molecule has 0 aliphatic carbocycles. The number of aryl methyl sites for hydroxylation is 1. The number of carboxylic acid groups (broad SMARTS) is 1. The Morgan fingerprint density at radius 2 is 2.04 bits per heavy atom. The molecule has 0 radical (unpaired) electrons. The van der Waals surface area contributed by atoms with Gasteiger partial charge < -0.3 is 19.8 Å². The molecule has 150 valence electrons. The van der Waals surface area contributed by atoms with E-state index in [-0.39, 0.29) is 12.3 Å². The highest BCUT2D eigenvalue weighted by Gasteiger charge is 2.33. The molecule has 0 unspecified atom stereocenters. The number of hydrogen-bond acceptors (Lipinski definition) is 6. The number of anilines is 1. The van der Waals surface area contributed by atoms with Crippen molar-refractivity contribution in [3.63, 3.8) is 0 Å². The molecule has 2 aliphatic rings. The van der Waals surface area contributed by atoms with E-state index in [0.29, 0.717) is 32.8 Å². The fourth-order valence-corrected chi connectivity index (χ4v) is 4.21. The molecule has 28 heavy (non-hydrogen) atoms. The zero-order valence-corrected chi connectivity index (χ0v) is 16.2. The van der Waals surface area contributed by atoms with Crippen LogP contribution in [0.1, 0.15) is 17.5 Å². The summed E-state index contributed by atoms with van der Waals surface area (Å²) in [6.45, 7) is 6.79. The van der Waals surface area contributed by atoms with Crippen LogP contribution in [-0.2, 0) is 16.1 Å². The molecule has 1 aromatic carbocycles. The lowest BCUT2D eigenvalue weighted by molar-refractivity contribution is -0.138. The van der Waals surface area contributed by atoms with E-state index < -0.39 is 12.1 Å². The van der Waals surface area contributed by atoms with E-state index >= 15 is 0 Å². The lowest BCUT2D eigenvalue weighted by atomic mass is 10.0. The van der Waals surface area contributed by atoms with E-state index in [4.69, 9.17) is 14.8 Å². The SMILES string of the molecule is Cc1ccc2cc(CN3C[C@@H](CC(=O)O)[C@H](O)C3)c(N3CCOCC3)nc2c1. The highest BCUT2D eigenvalue weighted by molar-refractivity contribution is 5.82. The second kappa shape index (κ2) is 8.03. The number of carboxylic acids is 1. The van der Waals surface area contributed by atoms with Crippen LogP contribution in [0.2, 0.25) is 0 Å². The third-order valence-electron chi connectivity index (χ3n) is 5.65. The molecule has 0 saturated carbocycles. The minimum Gasteiger partial charge on any atom is -0.481 e. The van der Waals surface area contributed by atoms with Crippen molar-refractivity contribution in [2.24, 2.45) is 5.92 Å². The van der Waals surface area contributed by atoms with Crippen LogP contribution in [-0.4, -0.2) is 71.6 Å². The Bertz CT molecular complexity index is 866. The molecule has 2 atom stereocenters. The number of β-amino-alcohol motifs (C(OH)–C–C–N with tert-alkyl or cyclic N) is 1. The molecule has 0 spiro atoms. The van der Waals surface area contributed by atoms with Crippen molar-refractivity contribution in [2.75, 3.05) is 44.3 Å². The fraction of sp³-hybridized carbons (Fsp3) is 0.524. The van der Waals surface area contributed by atoms with Gasteiger partial charge >= 0.3 is 5.97 Å². The van der Waals surface area contributed by atoms with Gasteiger partial charge in [-0.3, -0.25) is 9.69 Å². The Hall–Kier alpha value is -2.22. The van der Waals surface area contributed by atoms with Crippen LogP contribution in [0, 0.1) is 12.8 Å². The van der Waals surface area contributed by atoms with Crippen molar-refractivity contribution < 1.29 is 19.7 Å². The summed E-state index contributed by atoms with van der Waals surface area (Å²) >= 11 is 0. The Labute approximate surface area is 164 Å². The predicted octanol–water partition coefficient (Wildman–Crippen LogP) is 1.65. The smallest absolute Gasteiger partial charge is 0.303 e. The largest absolute Gasteiger partial charge is 0.481 e. The van der Waals surface area contributed by atoms with Gasteiger partial charge in [-0.15, -0.1) is 0 Å². The summed E-state index contributed by atoms with van der Waals surface area (Å²) in [5.74, 6) is -0.111. The fourth-order valence-electron chi connectivity index (χ4n) is 4.21. The van der Waals surface area contributed by atoms with Crippen LogP contribution in [0.5, 0.6) is 0 Å². The molecular formula is C21H27N3O4. The van der Waals surface area contributed by atoms with Crippen molar-refractivity contribution in [1.29, 1.82) is 0 Å². The third kappa shape index (κ3) is 4.11. The van der Waals surface area contributed by atoms with Gasteiger partial charge in [0, 0.05) is 49.6 Å². The lowest BCUT2D eigenvalue weighted by Crippen LogP contribution is -2.38. The number of ether oxygens (including phenoxy) is 1. The monoisotopic (exact) mass is 385 g/mol. The number of likely N-dealkylation sites (tertiary alicyclic amines) is 1. The molecule has 2 N–H and O–H groups in total. The van der Waals surface area contributed by atoms with Crippen LogP contribution < -0.4 is 4.90 Å². The zero-order valence-electron chi connectivity index (χ0n) is 16.2. The molecule has 2 aromatic rings. The minimum atomic E-state index is -0.859. The molecule has 2 aliphatic heterocycles. The average molecular weight is 385 g/mol. The van der Waals surface area contributed by atoms with Gasteiger partial charge in [-0.2, -0.15) is 0 Å². The standard InChI is InChI=1S/C21H27N3O4/c1-14-2-3-15-9-17(12-23-11-16(10-20(26)27)19(25)13-23)21(22-18(15)8-14)24-4-6-28-7-5-24/h2-3,8-9,16,19,25H,4-7,10-13H2,1H3,(H,26,27)/t16-,19-/m1/s1. The minimum absolute atomic E-state index is 0.00321. The maximum Gasteiger partial charge on any atom is 0.303 e. The van der Waals surface area contributed by atoms with E-state index in [0.717, 1.165) is 35.4 Å². The molecule has 1 aromatic heterocycles. The first kappa shape index (κ1) is 19.1. The lowest BCUT2D eigenvalue weighted by Gasteiger charge is -2.30. The number of carbonyl (C=O) groups is 1. The third-order valence-corrected chi connectivity index (χ3v) is 5.65. The molecule has 7 nitrogen and oxygen atoms in total. The molecule has 0 bridgehead atoms. The topological polar surface area (TPSA) is 86.1 Å². The Balaban J connectivity index is 1.63. The number of aromatic nitrogens is 1. The van der Waals surface area contributed by atoms with E-state index in [2.05, 4.69) is 41.0 Å². The quantitative estimate of drug-likeness (QED) is 0.809. The number of hydrogen-bond donors (Lipinski definition) is 2. The van der Waals surface area contributed by atoms with Gasteiger partial charge in [-0.05, 0) is 24.6 Å². The second-order valence-corrected chi connectivity index (χ2v) is 7.89. The van der Waals surface area contributed by atoms with Crippen LogP contribution in [0.15, 0.2) is 24.3 Å². The van der Waals surface area contributed by atoms with Crippen molar-refractivity contribution in [2.45, 2.75) is 26.0 Å². The molecule has 2 saturated heterocycles. The van der Waals surface area contributed by atoms with Crippen LogP contribution in [0.25, 0.3) is 10.9 Å². The van der Waals surface area contributed by atoms with Crippen molar-refractivity contribution >= 4 is 22.7 Å². The number of morpholine rings is 1. The van der Waals surface area contributed by atoms with Gasteiger partial charge in [0.1, 0.15) is 5.82 Å². The number of nitrogens with zero attached hydrogens (tertiary/aromatic N) is 3.